The van der Waals surface area contributed by atoms with E-state index in [9.17, 15) is 19.1 Å². The summed E-state index contributed by atoms with van der Waals surface area (Å²) in [7, 11) is 0. The fraction of sp³-hybridized carbons (Fsp3) is 0.344. The van der Waals surface area contributed by atoms with Gasteiger partial charge in [0, 0.05) is 36.0 Å². The van der Waals surface area contributed by atoms with E-state index < -0.39 is 36.1 Å². The summed E-state index contributed by atoms with van der Waals surface area (Å²) in [5.41, 5.74) is 8.53. The van der Waals surface area contributed by atoms with Crippen LogP contribution in [-0.2, 0) is 29.1 Å². The molecule has 2 aromatic carbocycles. The number of nitrogens with one attached hydrogen (secondary N) is 1. The Morgan fingerprint density at radius 2 is 1.94 bits per heavy atom. The monoisotopic (exact) mass is 642 g/mol. The zero-order valence-electron chi connectivity index (χ0n) is 25.3. The summed E-state index contributed by atoms with van der Waals surface area (Å²) in [5.74, 6) is -0.474. The highest BCUT2D eigenvalue weighted by atomic mass is 19.1. The summed E-state index contributed by atoms with van der Waals surface area (Å²) in [6, 6.07) is 10.1. The number of benzene rings is 2. The number of amides is 2. The third-order valence-corrected chi connectivity index (χ3v) is 8.72. The zero-order chi connectivity index (χ0) is 32.7. The number of aromatic nitrogens is 7. The molecule has 4 N–H and O–H groups in total. The molecule has 0 spiro atoms. The molecule has 3 unspecified atom stereocenters. The summed E-state index contributed by atoms with van der Waals surface area (Å²) in [5, 5.41) is 34.1. The first-order chi connectivity index (χ1) is 22.8. The molecular formula is C32H32F2N10O3. The van der Waals surface area contributed by atoms with Gasteiger partial charge in [-0.3, -0.25) is 14.3 Å². The lowest BCUT2D eigenvalue weighted by Gasteiger charge is -2.24. The number of nitrogens with two attached hydrogens (primary N) is 1. The third-order valence-electron chi connectivity index (χ3n) is 8.72. The number of aliphatic hydroxyl groups excluding tert-OH is 1. The standard InChI is InChI=1S/C32H32F2N10O3/c33-20-13-26(32(47)38-21-6-7-24(34)22(14-21)31-40-39-27-4-2-1-3-11-42(27)31)43(16-20)28(45)17-44-25-8-5-18(19-9-10-36-37-15-19)12-23(25)29(41-44)30(35)46/h5-10,12,14-15,20,26,30,46H,1-4,11,13,16-17,35H2,(H,38,47). The maximum absolute atomic E-state index is 15.0. The summed E-state index contributed by atoms with van der Waals surface area (Å²) in [6.07, 6.45) is 3.83. The number of anilines is 1. The lowest BCUT2D eigenvalue weighted by Crippen LogP contribution is -2.44. The minimum atomic E-state index is -1.42. The molecule has 7 rings (SSSR count). The number of nitrogens with zero attached hydrogens (tertiary/aromatic N) is 8. The van der Waals surface area contributed by atoms with Crippen molar-refractivity contribution in [3.8, 4) is 22.5 Å². The normalized spacial score (nSPS) is 18.6. The molecule has 2 amide bonds. The van der Waals surface area contributed by atoms with E-state index in [4.69, 9.17) is 5.73 Å². The van der Waals surface area contributed by atoms with Crippen LogP contribution in [0.15, 0.2) is 54.9 Å². The van der Waals surface area contributed by atoms with Crippen molar-refractivity contribution in [2.75, 3.05) is 11.9 Å². The lowest BCUT2D eigenvalue weighted by molar-refractivity contribution is -0.137. The fourth-order valence-electron chi connectivity index (χ4n) is 6.40. The first kappa shape index (κ1) is 30.5. The van der Waals surface area contributed by atoms with Crippen LogP contribution in [0.25, 0.3) is 33.4 Å². The average molecular weight is 643 g/mol. The van der Waals surface area contributed by atoms with Gasteiger partial charge in [0.1, 0.15) is 42.3 Å². The highest BCUT2D eigenvalue weighted by Crippen LogP contribution is 2.31. The predicted octanol–water partition coefficient (Wildman–Crippen LogP) is 3.14. The largest absolute Gasteiger partial charge is 0.373 e. The van der Waals surface area contributed by atoms with Gasteiger partial charge in [-0.1, -0.05) is 12.5 Å². The molecule has 3 aromatic heterocycles. The van der Waals surface area contributed by atoms with Gasteiger partial charge in [0.25, 0.3) is 0 Å². The third kappa shape index (κ3) is 5.94. The second kappa shape index (κ2) is 12.6. The Bertz CT molecular complexity index is 1960. The van der Waals surface area contributed by atoms with Crippen LogP contribution in [0.1, 0.15) is 43.4 Å². The lowest BCUT2D eigenvalue weighted by atomic mass is 10.0. The van der Waals surface area contributed by atoms with Gasteiger partial charge in [-0.2, -0.15) is 15.3 Å². The number of alkyl halides is 1. The highest BCUT2D eigenvalue weighted by Gasteiger charge is 2.40. The molecular weight excluding hydrogens is 610 g/mol. The molecule has 1 saturated heterocycles. The quantitative estimate of drug-likeness (QED) is 0.226. The average Bonchev–Trinajstić information content (AvgIpc) is 3.72. The van der Waals surface area contributed by atoms with Crippen LogP contribution < -0.4 is 11.1 Å². The minimum Gasteiger partial charge on any atom is -0.373 e. The summed E-state index contributed by atoms with van der Waals surface area (Å²) < 4.78 is 33.1. The van der Waals surface area contributed by atoms with Crippen molar-refractivity contribution in [3.63, 3.8) is 0 Å². The van der Waals surface area contributed by atoms with Crippen LogP contribution in [0.5, 0.6) is 0 Å². The molecule has 2 aliphatic heterocycles. The second-order valence-electron chi connectivity index (χ2n) is 11.8. The number of hydrogen-bond acceptors (Lipinski definition) is 9. The molecule has 0 saturated carbocycles. The summed E-state index contributed by atoms with van der Waals surface area (Å²) in [6.45, 7) is 0.0716. The number of rotatable bonds is 7. The molecule has 5 aromatic rings. The molecule has 5 heterocycles. The van der Waals surface area contributed by atoms with Gasteiger partial charge in [-0.25, -0.2) is 8.78 Å². The van der Waals surface area contributed by atoms with Gasteiger partial charge in [0.05, 0.1) is 30.0 Å². The van der Waals surface area contributed by atoms with Gasteiger partial charge in [0.2, 0.25) is 11.8 Å². The van der Waals surface area contributed by atoms with Gasteiger partial charge in [-0.15, -0.1) is 10.2 Å². The number of halogens is 2. The number of likely N-dealkylation sites (tertiary alicyclic amines) is 1. The highest BCUT2D eigenvalue weighted by molar-refractivity contribution is 5.98. The number of hydrogen-bond donors (Lipinski definition) is 3. The van der Waals surface area contributed by atoms with Gasteiger partial charge < -0.3 is 25.6 Å². The Morgan fingerprint density at radius 3 is 2.74 bits per heavy atom. The summed E-state index contributed by atoms with van der Waals surface area (Å²) >= 11 is 0. The zero-order valence-corrected chi connectivity index (χ0v) is 25.3. The van der Waals surface area contributed by atoms with Crippen LogP contribution in [-0.4, -0.2) is 75.3 Å². The van der Waals surface area contributed by atoms with Crippen molar-refractivity contribution in [2.45, 2.75) is 63.6 Å². The van der Waals surface area contributed by atoms with Crippen molar-refractivity contribution in [2.24, 2.45) is 5.73 Å². The van der Waals surface area contributed by atoms with Crippen molar-refractivity contribution in [1.29, 1.82) is 0 Å². The molecule has 0 bridgehead atoms. The maximum atomic E-state index is 15.0. The van der Waals surface area contributed by atoms with E-state index in [2.05, 4.69) is 30.8 Å². The number of aliphatic hydroxyl groups is 1. The Balaban J connectivity index is 1.11. The van der Waals surface area contributed by atoms with Crippen LogP contribution in [0, 0.1) is 5.82 Å². The van der Waals surface area contributed by atoms with Crippen molar-refractivity contribution in [1.82, 2.24) is 39.6 Å². The van der Waals surface area contributed by atoms with E-state index in [0.717, 1.165) is 42.6 Å². The van der Waals surface area contributed by atoms with E-state index in [1.165, 1.54) is 27.8 Å². The number of fused-ring (bicyclic) bond motifs is 2. The van der Waals surface area contributed by atoms with Gasteiger partial charge >= 0.3 is 0 Å². The predicted molar refractivity (Wildman–Crippen MR) is 167 cm³/mol. The van der Waals surface area contributed by atoms with Gasteiger partial charge in [0.15, 0.2) is 5.82 Å². The second-order valence-corrected chi connectivity index (χ2v) is 11.8. The van der Waals surface area contributed by atoms with Crippen LogP contribution >= 0.6 is 0 Å². The molecule has 13 nitrogen and oxygen atoms in total. The Kier molecular flexibility index (Phi) is 8.15. The Labute approximate surface area is 267 Å². The Hall–Kier alpha value is -5.15. The van der Waals surface area contributed by atoms with E-state index >= 15 is 4.39 Å². The molecule has 3 atom stereocenters. The number of carbonyl (C=O) groups is 2. The molecule has 15 heteroatoms. The molecule has 0 radical (unpaired) electrons. The summed E-state index contributed by atoms with van der Waals surface area (Å²) in [4.78, 5) is 28.3. The van der Waals surface area contributed by atoms with E-state index in [0.29, 0.717) is 23.3 Å². The topological polar surface area (TPSA) is 170 Å². The maximum Gasteiger partial charge on any atom is 0.247 e. The first-order valence-electron chi connectivity index (χ1n) is 15.4. The molecule has 242 valence electrons. The fourth-order valence-corrected chi connectivity index (χ4v) is 6.40. The molecule has 47 heavy (non-hydrogen) atoms. The van der Waals surface area contributed by atoms with Gasteiger partial charge in [-0.05, 0) is 54.8 Å². The molecule has 1 fully saturated rings. The number of aryl methyl sites for hydroxylation is 1. The molecule has 0 aliphatic carbocycles. The van der Waals surface area contributed by atoms with Crippen LogP contribution in [0.3, 0.4) is 0 Å². The van der Waals surface area contributed by atoms with Crippen molar-refractivity contribution < 1.29 is 23.5 Å². The van der Waals surface area contributed by atoms with Crippen molar-refractivity contribution >= 4 is 28.4 Å². The Morgan fingerprint density at radius 1 is 1.06 bits per heavy atom. The first-order valence-corrected chi connectivity index (χ1v) is 15.4. The minimum absolute atomic E-state index is 0.160. The SMILES string of the molecule is NC(O)c1nn(CC(=O)N2CC(F)CC2C(=O)Nc2ccc(F)c(-c3nnc4n3CCCCC4)c2)c2ccc(-c3ccnnc3)cc12. The van der Waals surface area contributed by atoms with E-state index in [1.54, 1.807) is 30.6 Å². The van der Waals surface area contributed by atoms with Crippen LogP contribution in [0.4, 0.5) is 14.5 Å². The number of carbonyl (C=O) groups excluding carboxylic acids is 2. The van der Waals surface area contributed by atoms with Crippen molar-refractivity contribution in [3.05, 3.63) is 72.2 Å². The van der Waals surface area contributed by atoms with E-state index in [1.807, 2.05) is 10.6 Å². The molecule has 2 aliphatic rings. The smallest absolute Gasteiger partial charge is 0.247 e. The van der Waals surface area contributed by atoms with Crippen LogP contribution in [0.2, 0.25) is 0 Å². The van der Waals surface area contributed by atoms with E-state index in [-0.39, 0.29) is 36.5 Å².